The van der Waals surface area contributed by atoms with Crippen molar-refractivity contribution in [3.05, 3.63) is 88.6 Å². The fourth-order valence-corrected chi connectivity index (χ4v) is 4.49. The Morgan fingerprint density at radius 1 is 1.19 bits per heavy atom. The molecule has 1 unspecified atom stereocenters. The Morgan fingerprint density at radius 3 is 2.58 bits per heavy atom. The molecule has 36 heavy (non-hydrogen) atoms. The van der Waals surface area contributed by atoms with Crippen LogP contribution in [0, 0.1) is 11.3 Å². The summed E-state index contributed by atoms with van der Waals surface area (Å²) >= 11 is 0. The number of methoxy groups -OCH3 is 1. The van der Waals surface area contributed by atoms with Crippen LogP contribution in [-0.4, -0.2) is 59.6 Å². The van der Waals surface area contributed by atoms with Crippen molar-refractivity contribution in [3.63, 3.8) is 0 Å². The Kier molecular flexibility index (Phi) is 6.10. The maximum Gasteiger partial charge on any atom is 0.267 e. The summed E-state index contributed by atoms with van der Waals surface area (Å²) in [7, 11) is 3.01. The molecule has 10 nitrogen and oxygen atoms in total. The molecule has 0 bridgehead atoms. The number of nitrogens with zero attached hydrogens (tertiary/aromatic N) is 4. The minimum atomic E-state index is -0.412. The molecule has 1 aliphatic carbocycles. The maximum absolute atomic E-state index is 13.7. The Bertz CT molecular complexity index is 1290. The topological polar surface area (TPSA) is 127 Å². The van der Waals surface area contributed by atoms with Gasteiger partial charge in [0.25, 0.3) is 11.8 Å². The van der Waals surface area contributed by atoms with E-state index in [9.17, 15) is 14.9 Å². The number of rotatable bonds is 6. The number of benzene rings is 1. The van der Waals surface area contributed by atoms with Crippen LogP contribution in [0.2, 0.25) is 0 Å². The summed E-state index contributed by atoms with van der Waals surface area (Å²) in [5.74, 6) is 5.56. The number of nitrogens with one attached hydrogen (secondary N) is 2. The molecule has 10 heteroatoms. The summed E-state index contributed by atoms with van der Waals surface area (Å²) in [6, 6.07) is 9.48. The molecular weight excluding hydrogens is 458 g/mol. The van der Waals surface area contributed by atoms with Gasteiger partial charge in [0.05, 0.1) is 12.8 Å². The molecule has 2 amide bonds. The molecule has 4 aliphatic rings. The number of carbonyl (C=O) groups is 2. The Morgan fingerprint density at radius 2 is 1.94 bits per heavy atom. The number of hydrogen-bond acceptors (Lipinski definition) is 8. The summed E-state index contributed by atoms with van der Waals surface area (Å²) in [5, 5.41) is 15.4. The Labute approximate surface area is 209 Å². The summed E-state index contributed by atoms with van der Waals surface area (Å²) in [4.78, 5) is 27.7. The number of hydrogen-bond donors (Lipinski definition) is 3. The molecule has 4 N–H and O–H groups in total. The highest BCUT2D eigenvalue weighted by atomic mass is 16.5. The average Bonchev–Trinajstić information content (AvgIpc) is 3.65. The van der Waals surface area contributed by atoms with Gasteiger partial charge in [-0.1, -0.05) is 12.1 Å². The number of nitrogens with two attached hydrogens (primary N) is 1. The summed E-state index contributed by atoms with van der Waals surface area (Å²) < 4.78 is 5.33. The number of allylic oxidation sites excluding steroid dienone is 3. The van der Waals surface area contributed by atoms with Crippen molar-refractivity contribution in [1.29, 1.82) is 5.26 Å². The molecule has 0 radical (unpaired) electrons. The van der Waals surface area contributed by atoms with E-state index in [1.807, 2.05) is 40.4 Å². The molecule has 1 aromatic carbocycles. The molecule has 184 valence electrons. The van der Waals surface area contributed by atoms with E-state index in [0.717, 1.165) is 34.7 Å². The van der Waals surface area contributed by atoms with E-state index >= 15 is 0 Å². The predicted molar refractivity (Wildman–Crippen MR) is 132 cm³/mol. The van der Waals surface area contributed by atoms with Crippen molar-refractivity contribution in [2.24, 2.45) is 5.84 Å². The van der Waals surface area contributed by atoms with Gasteiger partial charge < -0.3 is 15.0 Å². The third-order valence-corrected chi connectivity index (χ3v) is 6.51. The van der Waals surface area contributed by atoms with Crippen molar-refractivity contribution < 1.29 is 14.3 Å². The highest BCUT2D eigenvalue weighted by Crippen LogP contribution is 2.34. The second-order valence-corrected chi connectivity index (χ2v) is 8.93. The first kappa shape index (κ1) is 23.4. The highest BCUT2D eigenvalue weighted by molar-refractivity contribution is 5.98. The van der Waals surface area contributed by atoms with Gasteiger partial charge in [-0.25, -0.2) is 11.3 Å². The monoisotopic (exact) mass is 485 g/mol. The molecule has 0 spiro atoms. The second-order valence-electron chi connectivity index (χ2n) is 8.93. The lowest BCUT2D eigenvalue weighted by Crippen LogP contribution is -2.50. The van der Waals surface area contributed by atoms with E-state index in [-0.39, 0.29) is 17.9 Å². The first-order valence-corrected chi connectivity index (χ1v) is 11.7. The molecule has 5 rings (SSSR count). The molecule has 0 aromatic heterocycles. The molecule has 1 saturated carbocycles. The van der Waals surface area contributed by atoms with Gasteiger partial charge in [0.1, 0.15) is 17.8 Å². The van der Waals surface area contributed by atoms with Crippen LogP contribution in [0.5, 0.6) is 0 Å². The van der Waals surface area contributed by atoms with Crippen molar-refractivity contribution in [1.82, 2.24) is 25.7 Å². The number of nitriles is 1. The van der Waals surface area contributed by atoms with E-state index in [0.29, 0.717) is 29.1 Å². The minimum Gasteiger partial charge on any atom is -0.482 e. The molecule has 3 heterocycles. The summed E-state index contributed by atoms with van der Waals surface area (Å²) in [5.41, 5.74) is 7.61. The number of hydrazine groups is 2. The van der Waals surface area contributed by atoms with Gasteiger partial charge >= 0.3 is 0 Å². The molecule has 0 saturated heterocycles. The van der Waals surface area contributed by atoms with Crippen molar-refractivity contribution >= 4 is 17.4 Å². The van der Waals surface area contributed by atoms with E-state index in [1.165, 1.54) is 14.2 Å². The zero-order valence-corrected chi connectivity index (χ0v) is 20.1. The molecule has 1 aromatic rings. The quantitative estimate of drug-likeness (QED) is 0.314. The lowest BCUT2D eigenvalue weighted by Gasteiger charge is -2.34. The van der Waals surface area contributed by atoms with Crippen LogP contribution in [-0.2, 0) is 9.53 Å². The molecular formula is C26H27N7O3. The number of carbonyl (C=O) groups excluding carboxylic acids is 2. The lowest BCUT2D eigenvalue weighted by molar-refractivity contribution is -0.129. The van der Waals surface area contributed by atoms with Crippen molar-refractivity contribution in [2.75, 3.05) is 20.7 Å². The zero-order valence-electron chi connectivity index (χ0n) is 20.1. The summed E-state index contributed by atoms with van der Waals surface area (Å²) in [6.07, 6.45) is 10.5. The van der Waals surface area contributed by atoms with Crippen LogP contribution in [0.25, 0.3) is 5.57 Å². The third kappa shape index (κ3) is 4.26. The normalized spacial score (nSPS) is 20.4. The second kappa shape index (κ2) is 9.37. The highest BCUT2D eigenvalue weighted by Gasteiger charge is 2.39. The SMILES string of the molecule is COC1=C(C#N)C=CC(N(C(=O)C2=CC3=C(c4ccc(C(=O)N(C)N)cc4)CNN3C=C2)C2CC2)N1. The Hall–Kier alpha value is -4.33. The van der Waals surface area contributed by atoms with Gasteiger partial charge in [0, 0.05) is 42.5 Å². The fourth-order valence-electron chi connectivity index (χ4n) is 4.49. The zero-order chi connectivity index (χ0) is 25.4. The van der Waals surface area contributed by atoms with Crippen LogP contribution < -0.4 is 16.6 Å². The van der Waals surface area contributed by atoms with Crippen LogP contribution in [0.4, 0.5) is 0 Å². The first-order chi connectivity index (χ1) is 17.4. The molecule has 1 fully saturated rings. The van der Waals surface area contributed by atoms with Gasteiger partial charge in [-0.05, 0) is 54.8 Å². The van der Waals surface area contributed by atoms with E-state index < -0.39 is 6.17 Å². The van der Waals surface area contributed by atoms with Gasteiger partial charge in [0.2, 0.25) is 5.88 Å². The van der Waals surface area contributed by atoms with Crippen LogP contribution in [0.1, 0.15) is 28.8 Å². The number of dihydropyridines is 1. The van der Waals surface area contributed by atoms with Crippen LogP contribution >= 0.6 is 0 Å². The van der Waals surface area contributed by atoms with Crippen LogP contribution in [0.15, 0.2) is 77.5 Å². The smallest absolute Gasteiger partial charge is 0.267 e. The molecule has 3 aliphatic heterocycles. The van der Waals surface area contributed by atoms with Crippen LogP contribution in [0.3, 0.4) is 0 Å². The fraction of sp³-hybridized carbons (Fsp3) is 0.269. The van der Waals surface area contributed by atoms with Gasteiger partial charge in [-0.3, -0.25) is 19.6 Å². The number of amides is 2. The van der Waals surface area contributed by atoms with Gasteiger partial charge in [-0.2, -0.15) is 5.26 Å². The van der Waals surface area contributed by atoms with Crippen molar-refractivity contribution in [3.8, 4) is 6.07 Å². The molecule has 1 atom stereocenters. The van der Waals surface area contributed by atoms with Gasteiger partial charge in [0.15, 0.2) is 0 Å². The third-order valence-electron chi connectivity index (χ3n) is 6.51. The van der Waals surface area contributed by atoms with E-state index in [4.69, 9.17) is 10.6 Å². The van der Waals surface area contributed by atoms with E-state index in [2.05, 4.69) is 16.8 Å². The standard InChI is InChI=1S/C26H27N7O3/c1-31(28)25(34)17-5-3-16(4-6-17)21-15-29-32-12-11-18(13-22(21)32)26(35)33(20-8-9-20)23-10-7-19(14-27)24(30-23)36-2/h3-7,10-13,20,23,29-30H,8-9,15,28H2,1-2H3. The average molecular weight is 486 g/mol. The van der Waals surface area contributed by atoms with Crippen molar-refractivity contribution in [2.45, 2.75) is 25.0 Å². The van der Waals surface area contributed by atoms with Gasteiger partial charge in [-0.15, -0.1) is 0 Å². The minimum absolute atomic E-state index is 0.0999. The Balaban J connectivity index is 1.42. The summed E-state index contributed by atoms with van der Waals surface area (Å²) in [6.45, 7) is 0.583. The number of ether oxygens (including phenoxy) is 1. The predicted octanol–water partition coefficient (Wildman–Crippen LogP) is 1.48. The number of fused-ring (bicyclic) bond motifs is 1. The lowest BCUT2D eigenvalue weighted by atomic mass is 10.00. The van der Waals surface area contributed by atoms with E-state index in [1.54, 1.807) is 24.3 Å². The maximum atomic E-state index is 13.7. The largest absolute Gasteiger partial charge is 0.482 e. The first-order valence-electron chi connectivity index (χ1n) is 11.7.